The molecule has 1 atom stereocenters. The normalized spacial score (nSPS) is 12.9. The van der Waals surface area contributed by atoms with Crippen molar-refractivity contribution in [3.05, 3.63) is 34.5 Å². The predicted octanol–water partition coefficient (Wildman–Crippen LogP) is 2.25. The van der Waals surface area contributed by atoms with Crippen LogP contribution in [0.3, 0.4) is 0 Å². The van der Waals surface area contributed by atoms with Gasteiger partial charge in [-0.25, -0.2) is 4.79 Å². The van der Waals surface area contributed by atoms with Crippen molar-refractivity contribution in [1.82, 2.24) is 4.98 Å². The third kappa shape index (κ3) is 1.66. The van der Waals surface area contributed by atoms with E-state index in [1.165, 1.54) is 6.07 Å². The lowest BCUT2D eigenvalue weighted by Crippen LogP contribution is -2.10. The van der Waals surface area contributed by atoms with E-state index in [1.54, 1.807) is 6.07 Å². The molecule has 1 aromatic carbocycles. The zero-order valence-electron chi connectivity index (χ0n) is 8.49. The first kappa shape index (κ1) is 11.0. The molecule has 3 N–H and O–H groups in total. The summed E-state index contributed by atoms with van der Waals surface area (Å²) in [5, 5.41) is 19.2. The highest BCUT2D eigenvalue weighted by Gasteiger charge is 2.20. The van der Waals surface area contributed by atoms with Gasteiger partial charge in [0.05, 0.1) is 5.02 Å². The number of aryl methyl sites for hydroxylation is 1. The number of carbonyl (C=O) groups is 1. The van der Waals surface area contributed by atoms with Gasteiger partial charge in [-0.05, 0) is 19.1 Å². The van der Waals surface area contributed by atoms with E-state index < -0.39 is 12.1 Å². The molecule has 0 amide bonds. The fraction of sp³-hybridized carbons (Fsp3) is 0.182. The van der Waals surface area contributed by atoms with Gasteiger partial charge in [-0.15, -0.1) is 0 Å². The highest BCUT2D eigenvalue weighted by Crippen LogP contribution is 2.31. The molecule has 1 unspecified atom stereocenters. The maximum Gasteiger partial charge on any atom is 0.337 e. The topological polar surface area (TPSA) is 73.3 Å². The van der Waals surface area contributed by atoms with Crippen LogP contribution in [0.15, 0.2) is 18.2 Å². The predicted molar refractivity (Wildman–Crippen MR) is 60.6 cm³/mol. The maximum atomic E-state index is 10.7. The van der Waals surface area contributed by atoms with Crippen LogP contribution in [-0.4, -0.2) is 21.2 Å². The van der Waals surface area contributed by atoms with Gasteiger partial charge in [-0.3, -0.25) is 0 Å². The summed E-state index contributed by atoms with van der Waals surface area (Å²) in [6.07, 6.45) is -1.59. The van der Waals surface area contributed by atoms with E-state index in [0.717, 1.165) is 16.6 Å². The van der Waals surface area contributed by atoms with Crippen LogP contribution in [0.2, 0.25) is 5.02 Å². The number of carboxylic acid groups (broad SMARTS) is 1. The molecule has 0 saturated heterocycles. The highest BCUT2D eigenvalue weighted by molar-refractivity contribution is 6.36. The van der Waals surface area contributed by atoms with E-state index in [1.807, 2.05) is 13.0 Å². The Kier molecular flexibility index (Phi) is 2.61. The van der Waals surface area contributed by atoms with E-state index in [-0.39, 0.29) is 10.6 Å². The van der Waals surface area contributed by atoms with Gasteiger partial charge in [0.1, 0.15) is 0 Å². The average molecular weight is 240 g/mol. The van der Waals surface area contributed by atoms with Crippen LogP contribution in [0.4, 0.5) is 0 Å². The molecule has 0 spiro atoms. The second kappa shape index (κ2) is 3.81. The number of rotatable bonds is 2. The zero-order valence-corrected chi connectivity index (χ0v) is 9.25. The van der Waals surface area contributed by atoms with Crippen molar-refractivity contribution in [2.75, 3.05) is 0 Å². The molecule has 16 heavy (non-hydrogen) atoms. The Morgan fingerprint density at radius 2 is 2.19 bits per heavy atom. The van der Waals surface area contributed by atoms with Crippen LogP contribution in [0.5, 0.6) is 0 Å². The molecule has 2 rings (SSSR count). The molecule has 84 valence electrons. The van der Waals surface area contributed by atoms with Gasteiger partial charge in [0.15, 0.2) is 6.10 Å². The van der Waals surface area contributed by atoms with Gasteiger partial charge < -0.3 is 15.2 Å². The minimum absolute atomic E-state index is 0.209. The number of carboxylic acids is 1. The molecule has 0 aliphatic carbocycles. The first-order valence-corrected chi connectivity index (χ1v) is 5.07. The fourth-order valence-electron chi connectivity index (χ4n) is 1.67. The summed E-state index contributed by atoms with van der Waals surface area (Å²) in [6.45, 7) is 1.88. The Labute approximate surface area is 96.5 Å². The number of aromatic nitrogens is 1. The van der Waals surface area contributed by atoms with Gasteiger partial charge >= 0.3 is 5.97 Å². The standard InChI is InChI=1S/C11H10ClNO3/c1-5-4-7-8(13-5)3-2-6(9(7)12)10(14)11(15)16/h2-4,10,13-14H,1H3,(H,15,16). The summed E-state index contributed by atoms with van der Waals surface area (Å²) >= 11 is 6.05. The Balaban J connectivity index is 2.64. The van der Waals surface area contributed by atoms with E-state index in [2.05, 4.69) is 4.98 Å². The van der Waals surface area contributed by atoms with E-state index in [0.29, 0.717) is 0 Å². The number of aromatic amines is 1. The Hall–Kier alpha value is -1.52. The summed E-state index contributed by atoms with van der Waals surface area (Å²) in [5.74, 6) is -1.31. The minimum Gasteiger partial charge on any atom is -0.479 e. The van der Waals surface area contributed by atoms with Crippen molar-refractivity contribution >= 4 is 28.5 Å². The summed E-state index contributed by atoms with van der Waals surface area (Å²) in [5.41, 5.74) is 1.96. The van der Waals surface area contributed by atoms with Crippen molar-refractivity contribution in [2.45, 2.75) is 13.0 Å². The maximum absolute atomic E-state index is 10.7. The number of hydrogen-bond acceptors (Lipinski definition) is 2. The number of aliphatic hydroxyl groups is 1. The molecule has 0 fully saturated rings. The number of fused-ring (bicyclic) bond motifs is 1. The number of aliphatic hydroxyl groups excluding tert-OH is 1. The molecule has 1 aromatic heterocycles. The number of hydrogen-bond donors (Lipinski definition) is 3. The third-order valence-electron chi connectivity index (χ3n) is 2.43. The Morgan fingerprint density at radius 3 is 2.81 bits per heavy atom. The average Bonchev–Trinajstić information content (AvgIpc) is 2.59. The van der Waals surface area contributed by atoms with E-state index in [4.69, 9.17) is 16.7 Å². The lowest BCUT2D eigenvalue weighted by molar-refractivity contribution is -0.146. The van der Waals surface area contributed by atoms with Gasteiger partial charge in [0.2, 0.25) is 0 Å². The number of nitrogens with one attached hydrogen (secondary N) is 1. The Morgan fingerprint density at radius 1 is 1.50 bits per heavy atom. The number of H-pyrrole nitrogens is 1. The minimum atomic E-state index is -1.59. The largest absolute Gasteiger partial charge is 0.479 e. The summed E-state index contributed by atoms with van der Waals surface area (Å²) in [7, 11) is 0. The molecule has 4 nitrogen and oxygen atoms in total. The zero-order chi connectivity index (χ0) is 11.9. The molecule has 0 bridgehead atoms. The van der Waals surface area contributed by atoms with E-state index >= 15 is 0 Å². The van der Waals surface area contributed by atoms with Gasteiger partial charge in [-0.1, -0.05) is 17.7 Å². The molecule has 0 saturated carbocycles. The fourth-order valence-corrected chi connectivity index (χ4v) is 1.99. The van der Waals surface area contributed by atoms with Crippen LogP contribution in [0.25, 0.3) is 10.9 Å². The first-order valence-electron chi connectivity index (χ1n) is 4.69. The lowest BCUT2D eigenvalue weighted by atomic mass is 10.1. The molecule has 0 aliphatic heterocycles. The molecule has 5 heteroatoms. The molecule has 0 radical (unpaired) electrons. The van der Waals surface area contributed by atoms with Crippen molar-refractivity contribution < 1.29 is 15.0 Å². The molecule has 1 heterocycles. The number of aliphatic carboxylic acids is 1. The van der Waals surface area contributed by atoms with Crippen molar-refractivity contribution in [3.63, 3.8) is 0 Å². The Bertz CT molecular complexity index is 562. The third-order valence-corrected chi connectivity index (χ3v) is 2.85. The first-order chi connectivity index (χ1) is 7.50. The summed E-state index contributed by atoms with van der Waals surface area (Å²) in [6, 6.07) is 5.03. The van der Waals surface area contributed by atoms with Crippen LogP contribution < -0.4 is 0 Å². The highest BCUT2D eigenvalue weighted by atomic mass is 35.5. The smallest absolute Gasteiger partial charge is 0.337 e. The van der Waals surface area contributed by atoms with Crippen LogP contribution in [0.1, 0.15) is 17.4 Å². The van der Waals surface area contributed by atoms with Gasteiger partial charge in [0, 0.05) is 22.2 Å². The second-order valence-corrected chi connectivity index (χ2v) is 4.00. The van der Waals surface area contributed by atoms with Crippen LogP contribution >= 0.6 is 11.6 Å². The number of halogens is 1. The molecule has 2 aromatic rings. The SMILES string of the molecule is Cc1cc2c(Cl)c(C(O)C(=O)O)ccc2[nH]1. The van der Waals surface area contributed by atoms with Crippen LogP contribution in [-0.2, 0) is 4.79 Å². The molecular formula is C11H10ClNO3. The number of benzene rings is 1. The molecule has 0 aliphatic rings. The van der Waals surface area contributed by atoms with Crippen molar-refractivity contribution in [3.8, 4) is 0 Å². The van der Waals surface area contributed by atoms with Crippen LogP contribution in [0, 0.1) is 6.92 Å². The molecular weight excluding hydrogens is 230 g/mol. The van der Waals surface area contributed by atoms with Crippen molar-refractivity contribution in [2.24, 2.45) is 0 Å². The van der Waals surface area contributed by atoms with Gasteiger partial charge in [-0.2, -0.15) is 0 Å². The van der Waals surface area contributed by atoms with Gasteiger partial charge in [0.25, 0.3) is 0 Å². The van der Waals surface area contributed by atoms with E-state index in [9.17, 15) is 9.90 Å². The van der Waals surface area contributed by atoms with Crippen molar-refractivity contribution in [1.29, 1.82) is 0 Å². The second-order valence-electron chi connectivity index (χ2n) is 3.62. The lowest BCUT2D eigenvalue weighted by Gasteiger charge is -2.08. The quantitative estimate of drug-likeness (QED) is 0.753. The summed E-state index contributed by atoms with van der Waals surface area (Å²) in [4.78, 5) is 13.8. The summed E-state index contributed by atoms with van der Waals surface area (Å²) < 4.78 is 0. The monoisotopic (exact) mass is 239 g/mol.